The van der Waals surface area contributed by atoms with Crippen molar-refractivity contribution in [3.8, 4) is 0 Å². The third-order valence-electron chi connectivity index (χ3n) is 3.16. The minimum absolute atomic E-state index is 0.0924. The number of nitrogens with zero attached hydrogens (tertiary/aromatic N) is 1. The van der Waals surface area contributed by atoms with Crippen LogP contribution in [0.5, 0.6) is 0 Å². The van der Waals surface area contributed by atoms with Gasteiger partial charge in [0.1, 0.15) is 0 Å². The first-order valence-electron chi connectivity index (χ1n) is 5.80. The van der Waals surface area contributed by atoms with Crippen LogP contribution >= 0.6 is 0 Å². The zero-order chi connectivity index (χ0) is 12.5. The van der Waals surface area contributed by atoms with Crippen molar-refractivity contribution < 1.29 is 14.3 Å². The summed E-state index contributed by atoms with van der Waals surface area (Å²) in [7, 11) is 0. The summed E-state index contributed by atoms with van der Waals surface area (Å²) in [5.74, 6) is -0.986. The van der Waals surface area contributed by atoms with Gasteiger partial charge in [0.2, 0.25) is 0 Å². The lowest BCUT2D eigenvalue weighted by Gasteiger charge is -2.20. The van der Waals surface area contributed by atoms with Gasteiger partial charge >= 0.3 is 11.9 Å². The molecular formula is C14H11NO3. The summed E-state index contributed by atoms with van der Waals surface area (Å²) in [6, 6.07) is 9.70. The Morgan fingerprint density at radius 1 is 1.11 bits per heavy atom. The van der Waals surface area contributed by atoms with Gasteiger partial charge in [-0.25, -0.2) is 0 Å². The Labute approximate surface area is 104 Å². The molecule has 2 aromatic rings. The van der Waals surface area contributed by atoms with Gasteiger partial charge in [0.15, 0.2) is 0 Å². The maximum atomic E-state index is 11.3. The zero-order valence-corrected chi connectivity index (χ0v) is 9.63. The highest BCUT2D eigenvalue weighted by atomic mass is 16.6. The van der Waals surface area contributed by atoms with E-state index in [1.165, 1.54) is 0 Å². The second-order valence-corrected chi connectivity index (χ2v) is 4.41. The maximum absolute atomic E-state index is 11.3. The van der Waals surface area contributed by atoms with Crippen molar-refractivity contribution in [3.63, 3.8) is 0 Å². The SMILES string of the molecule is O=C1CC(c2ccc3cccnc3c2)CC(=O)O1. The molecule has 4 nitrogen and oxygen atoms in total. The van der Waals surface area contributed by atoms with E-state index in [1.807, 2.05) is 30.3 Å². The first kappa shape index (κ1) is 10.9. The number of ether oxygens (including phenoxy) is 1. The van der Waals surface area contributed by atoms with Gasteiger partial charge in [-0.05, 0) is 17.7 Å². The van der Waals surface area contributed by atoms with Crippen molar-refractivity contribution in [2.75, 3.05) is 0 Å². The number of aromatic nitrogens is 1. The van der Waals surface area contributed by atoms with Gasteiger partial charge in [-0.2, -0.15) is 0 Å². The van der Waals surface area contributed by atoms with Crippen LogP contribution in [0.4, 0.5) is 0 Å². The third kappa shape index (κ3) is 1.97. The van der Waals surface area contributed by atoms with Gasteiger partial charge in [-0.3, -0.25) is 14.6 Å². The number of pyridine rings is 1. The smallest absolute Gasteiger partial charge is 0.314 e. The quantitative estimate of drug-likeness (QED) is 0.567. The Kier molecular flexibility index (Phi) is 2.55. The summed E-state index contributed by atoms with van der Waals surface area (Å²) in [5, 5.41) is 1.05. The molecule has 0 saturated carbocycles. The van der Waals surface area contributed by atoms with Crippen LogP contribution < -0.4 is 0 Å². The molecule has 1 aromatic carbocycles. The van der Waals surface area contributed by atoms with E-state index >= 15 is 0 Å². The van der Waals surface area contributed by atoms with Gasteiger partial charge in [-0.15, -0.1) is 0 Å². The van der Waals surface area contributed by atoms with Crippen LogP contribution in [0.3, 0.4) is 0 Å². The number of benzene rings is 1. The lowest BCUT2D eigenvalue weighted by molar-refractivity contribution is -0.163. The van der Waals surface area contributed by atoms with E-state index in [0.29, 0.717) is 0 Å². The predicted molar refractivity (Wildman–Crippen MR) is 64.8 cm³/mol. The molecule has 3 rings (SSSR count). The number of rotatable bonds is 1. The van der Waals surface area contributed by atoms with Crippen LogP contribution in [-0.4, -0.2) is 16.9 Å². The molecule has 0 atom stereocenters. The molecule has 1 aliphatic rings. The molecule has 0 bridgehead atoms. The Morgan fingerprint density at radius 3 is 2.67 bits per heavy atom. The average molecular weight is 241 g/mol. The molecule has 1 saturated heterocycles. The minimum atomic E-state index is -0.447. The first-order valence-corrected chi connectivity index (χ1v) is 5.80. The lowest BCUT2D eigenvalue weighted by atomic mass is 9.90. The maximum Gasteiger partial charge on any atom is 0.314 e. The molecule has 4 heteroatoms. The second kappa shape index (κ2) is 4.22. The highest BCUT2D eigenvalue weighted by Gasteiger charge is 2.28. The average Bonchev–Trinajstić information content (AvgIpc) is 2.37. The Bertz CT molecular complexity index is 620. The zero-order valence-electron chi connectivity index (χ0n) is 9.63. The number of hydrogen-bond donors (Lipinski definition) is 0. The molecule has 0 aliphatic carbocycles. The molecule has 0 unspecified atom stereocenters. The van der Waals surface area contributed by atoms with Crippen LogP contribution in [0.15, 0.2) is 36.5 Å². The summed E-state index contributed by atoms with van der Waals surface area (Å²) in [5.41, 5.74) is 1.84. The van der Waals surface area contributed by atoms with E-state index in [1.54, 1.807) is 6.20 Å². The summed E-state index contributed by atoms with van der Waals surface area (Å²) in [6.07, 6.45) is 2.24. The number of carbonyl (C=O) groups excluding carboxylic acids is 2. The van der Waals surface area contributed by atoms with Crippen molar-refractivity contribution in [2.45, 2.75) is 18.8 Å². The monoisotopic (exact) mass is 241 g/mol. The van der Waals surface area contributed by atoms with Crippen molar-refractivity contribution in [1.82, 2.24) is 4.98 Å². The molecule has 1 aromatic heterocycles. The van der Waals surface area contributed by atoms with Crippen LogP contribution in [0, 0.1) is 0 Å². The molecule has 1 fully saturated rings. The Balaban J connectivity index is 1.98. The van der Waals surface area contributed by atoms with E-state index in [2.05, 4.69) is 9.72 Å². The molecule has 0 spiro atoms. The fourth-order valence-corrected chi connectivity index (χ4v) is 2.26. The third-order valence-corrected chi connectivity index (χ3v) is 3.16. The topological polar surface area (TPSA) is 56.3 Å². The van der Waals surface area contributed by atoms with Crippen LogP contribution in [0.2, 0.25) is 0 Å². The Hall–Kier alpha value is -2.23. The van der Waals surface area contributed by atoms with Gasteiger partial charge in [0.25, 0.3) is 0 Å². The largest absolute Gasteiger partial charge is 0.393 e. The lowest BCUT2D eigenvalue weighted by Crippen LogP contribution is -2.24. The number of esters is 2. The number of fused-ring (bicyclic) bond motifs is 1. The molecule has 90 valence electrons. The van der Waals surface area contributed by atoms with Gasteiger partial charge in [0.05, 0.1) is 18.4 Å². The van der Waals surface area contributed by atoms with Gasteiger partial charge in [0, 0.05) is 17.5 Å². The fourth-order valence-electron chi connectivity index (χ4n) is 2.26. The Morgan fingerprint density at radius 2 is 1.89 bits per heavy atom. The molecule has 18 heavy (non-hydrogen) atoms. The highest BCUT2D eigenvalue weighted by Crippen LogP contribution is 2.29. The summed E-state index contributed by atoms with van der Waals surface area (Å²) < 4.78 is 4.53. The molecule has 0 radical (unpaired) electrons. The van der Waals surface area contributed by atoms with Gasteiger partial charge in [-0.1, -0.05) is 18.2 Å². The summed E-state index contributed by atoms with van der Waals surface area (Å²) in [4.78, 5) is 26.8. The van der Waals surface area contributed by atoms with Crippen molar-refractivity contribution in [2.24, 2.45) is 0 Å². The molecule has 1 aliphatic heterocycles. The van der Waals surface area contributed by atoms with Crippen molar-refractivity contribution >= 4 is 22.8 Å². The van der Waals surface area contributed by atoms with E-state index in [0.717, 1.165) is 16.5 Å². The van der Waals surface area contributed by atoms with Crippen LogP contribution in [-0.2, 0) is 14.3 Å². The van der Waals surface area contributed by atoms with E-state index in [4.69, 9.17) is 0 Å². The standard InChI is InChI=1S/C14H11NO3/c16-13-7-11(8-14(17)18-13)10-4-3-9-2-1-5-15-12(9)6-10/h1-6,11H,7-8H2. The van der Waals surface area contributed by atoms with Crippen LogP contribution in [0.25, 0.3) is 10.9 Å². The molecule has 0 N–H and O–H groups in total. The first-order chi connectivity index (χ1) is 8.72. The molecule has 2 heterocycles. The number of carbonyl (C=O) groups is 2. The van der Waals surface area contributed by atoms with E-state index < -0.39 is 11.9 Å². The molecular weight excluding hydrogens is 230 g/mol. The number of cyclic esters (lactones) is 2. The fraction of sp³-hybridized carbons (Fsp3) is 0.214. The van der Waals surface area contributed by atoms with E-state index in [-0.39, 0.29) is 18.8 Å². The number of hydrogen-bond acceptors (Lipinski definition) is 4. The van der Waals surface area contributed by atoms with E-state index in [9.17, 15) is 9.59 Å². The second-order valence-electron chi connectivity index (χ2n) is 4.41. The summed E-state index contributed by atoms with van der Waals surface area (Å²) >= 11 is 0. The highest BCUT2D eigenvalue weighted by molar-refractivity contribution is 5.89. The minimum Gasteiger partial charge on any atom is -0.393 e. The van der Waals surface area contributed by atoms with Gasteiger partial charge < -0.3 is 4.74 Å². The van der Waals surface area contributed by atoms with Crippen molar-refractivity contribution in [1.29, 1.82) is 0 Å². The van der Waals surface area contributed by atoms with Crippen molar-refractivity contribution in [3.05, 3.63) is 42.1 Å². The molecule has 0 amide bonds. The normalized spacial score (nSPS) is 16.9. The predicted octanol–water partition coefficient (Wildman–Crippen LogP) is 2.18. The summed E-state index contributed by atoms with van der Waals surface area (Å²) in [6.45, 7) is 0. The van der Waals surface area contributed by atoms with Crippen LogP contribution in [0.1, 0.15) is 24.3 Å².